The maximum absolute atomic E-state index is 12.7. The summed E-state index contributed by atoms with van der Waals surface area (Å²) in [7, 11) is 0. The first-order valence-corrected chi connectivity index (χ1v) is 11.1. The zero-order chi connectivity index (χ0) is 20.5. The lowest BCUT2D eigenvalue weighted by atomic mass is 9.73. The van der Waals surface area contributed by atoms with Gasteiger partial charge in [0, 0.05) is 60.8 Å². The number of hydrogen-bond acceptors (Lipinski definition) is 2. The second-order valence-corrected chi connectivity index (χ2v) is 8.38. The van der Waals surface area contributed by atoms with Gasteiger partial charge in [0.25, 0.3) is 0 Å². The van der Waals surface area contributed by atoms with E-state index in [9.17, 15) is 4.79 Å². The number of aromatic amines is 1. The number of benzene rings is 1. The molecule has 1 aromatic carbocycles. The molecule has 2 amide bonds. The van der Waals surface area contributed by atoms with Crippen molar-refractivity contribution in [3.8, 4) is 0 Å². The molecule has 1 aromatic heterocycles. The van der Waals surface area contributed by atoms with Gasteiger partial charge in [-0.15, -0.1) is 6.58 Å². The highest BCUT2D eigenvalue weighted by atomic mass is 16.2. The fourth-order valence-corrected chi connectivity index (χ4v) is 5.52. The largest absolute Gasteiger partial charge is 0.358 e. The molecule has 0 saturated carbocycles. The highest BCUT2D eigenvalue weighted by molar-refractivity contribution is 5.89. The Bertz CT molecular complexity index is 898. The number of carbonyl (C=O) groups excluding carboxylic acids is 1. The van der Waals surface area contributed by atoms with Crippen LogP contribution in [0.1, 0.15) is 49.9 Å². The average Bonchev–Trinajstić information content (AvgIpc) is 3.09. The maximum atomic E-state index is 12.7. The number of fused-ring (bicyclic) bond motifs is 2. The molecular formula is C24H34N4O. The van der Waals surface area contributed by atoms with Crippen LogP contribution in [0.4, 0.5) is 4.79 Å². The first kappa shape index (κ1) is 20.0. The number of amides is 2. The SMILES string of the molecule is C=CCN1C[C@@H](NC(=O)N(CC)CC)C[C@@H]2c3cccc4[nH]c(CC)c(c34)C[C@H]21. The summed E-state index contributed by atoms with van der Waals surface area (Å²) in [6.45, 7) is 13.5. The van der Waals surface area contributed by atoms with Crippen LogP contribution < -0.4 is 5.32 Å². The van der Waals surface area contributed by atoms with Crippen molar-refractivity contribution < 1.29 is 4.79 Å². The number of likely N-dealkylation sites (tertiary alicyclic amines) is 1. The smallest absolute Gasteiger partial charge is 0.317 e. The van der Waals surface area contributed by atoms with Gasteiger partial charge in [-0.25, -0.2) is 4.79 Å². The predicted molar refractivity (Wildman–Crippen MR) is 120 cm³/mol. The third kappa shape index (κ3) is 3.46. The van der Waals surface area contributed by atoms with Crippen LogP contribution in [-0.4, -0.2) is 59.1 Å². The Morgan fingerprint density at radius 1 is 1.34 bits per heavy atom. The standard InChI is InChI=1S/C24H34N4O/c1-5-12-28-15-16(25-24(29)27(7-3)8-4)13-18-17-10-9-11-21-23(17)19(14-22(18)28)20(6-2)26-21/h5,9-11,16,18,22,26H,1,6-8,12-15H2,2-4H3,(H,25,29)/t16-,18+,22+/m0/s1. The van der Waals surface area contributed by atoms with E-state index in [4.69, 9.17) is 0 Å². The summed E-state index contributed by atoms with van der Waals surface area (Å²) < 4.78 is 0. The minimum Gasteiger partial charge on any atom is -0.358 e. The number of urea groups is 1. The van der Waals surface area contributed by atoms with Crippen molar-refractivity contribution in [2.75, 3.05) is 26.2 Å². The van der Waals surface area contributed by atoms with Crippen LogP contribution in [0.3, 0.4) is 0 Å². The molecule has 3 atom stereocenters. The van der Waals surface area contributed by atoms with Crippen molar-refractivity contribution in [1.29, 1.82) is 0 Å². The van der Waals surface area contributed by atoms with Gasteiger partial charge in [-0.3, -0.25) is 4.90 Å². The first-order chi connectivity index (χ1) is 14.1. The number of aryl methyl sites for hydroxylation is 1. The van der Waals surface area contributed by atoms with E-state index in [1.807, 2.05) is 24.8 Å². The lowest BCUT2D eigenvalue weighted by Gasteiger charge is -2.47. The van der Waals surface area contributed by atoms with E-state index in [-0.39, 0.29) is 12.1 Å². The zero-order valence-corrected chi connectivity index (χ0v) is 18.0. The van der Waals surface area contributed by atoms with Gasteiger partial charge in [0.2, 0.25) is 0 Å². The van der Waals surface area contributed by atoms with Gasteiger partial charge in [0.1, 0.15) is 0 Å². The highest BCUT2D eigenvalue weighted by Crippen LogP contribution is 2.44. The van der Waals surface area contributed by atoms with Gasteiger partial charge < -0.3 is 15.2 Å². The van der Waals surface area contributed by atoms with E-state index < -0.39 is 0 Å². The molecule has 2 aliphatic rings. The number of nitrogens with zero attached hydrogens (tertiary/aromatic N) is 2. The van der Waals surface area contributed by atoms with Crippen LogP contribution in [-0.2, 0) is 12.8 Å². The summed E-state index contributed by atoms with van der Waals surface area (Å²) in [5.41, 5.74) is 5.58. The summed E-state index contributed by atoms with van der Waals surface area (Å²) in [6, 6.07) is 7.36. The summed E-state index contributed by atoms with van der Waals surface area (Å²) in [6.07, 6.45) is 5.11. The topological polar surface area (TPSA) is 51.4 Å². The van der Waals surface area contributed by atoms with E-state index >= 15 is 0 Å². The number of carbonyl (C=O) groups is 1. The number of hydrogen-bond donors (Lipinski definition) is 2. The van der Waals surface area contributed by atoms with Gasteiger partial charge in [0.15, 0.2) is 0 Å². The highest BCUT2D eigenvalue weighted by Gasteiger charge is 2.41. The Hall–Kier alpha value is -2.27. The Balaban J connectivity index is 1.68. The van der Waals surface area contributed by atoms with Crippen molar-refractivity contribution in [3.05, 3.63) is 47.7 Å². The van der Waals surface area contributed by atoms with E-state index in [0.717, 1.165) is 45.4 Å². The van der Waals surface area contributed by atoms with Crippen molar-refractivity contribution in [1.82, 2.24) is 20.1 Å². The molecule has 29 heavy (non-hydrogen) atoms. The average molecular weight is 395 g/mol. The summed E-state index contributed by atoms with van der Waals surface area (Å²) in [4.78, 5) is 20.8. The quantitative estimate of drug-likeness (QED) is 0.726. The Morgan fingerprint density at radius 3 is 2.83 bits per heavy atom. The molecule has 1 aliphatic carbocycles. The Morgan fingerprint density at radius 2 is 2.14 bits per heavy atom. The Labute approximate surface area is 174 Å². The number of rotatable bonds is 6. The Kier molecular flexibility index (Phi) is 5.68. The van der Waals surface area contributed by atoms with Crippen LogP contribution in [0.2, 0.25) is 0 Å². The van der Waals surface area contributed by atoms with E-state index in [1.165, 1.54) is 27.7 Å². The number of H-pyrrole nitrogens is 1. The number of aromatic nitrogens is 1. The molecule has 1 fully saturated rings. The molecule has 2 heterocycles. The normalized spacial score (nSPS) is 23.6. The first-order valence-electron chi connectivity index (χ1n) is 11.1. The molecule has 0 radical (unpaired) electrons. The van der Waals surface area contributed by atoms with Gasteiger partial charge in [0.05, 0.1) is 0 Å². The fraction of sp³-hybridized carbons (Fsp3) is 0.542. The fourth-order valence-electron chi connectivity index (χ4n) is 5.52. The van der Waals surface area contributed by atoms with Crippen molar-refractivity contribution in [2.45, 2.75) is 58.0 Å². The van der Waals surface area contributed by atoms with Crippen molar-refractivity contribution in [3.63, 3.8) is 0 Å². The maximum Gasteiger partial charge on any atom is 0.317 e. The van der Waals surface area contributed by atoms with Gasteiger partial charge in [-0.1, -0.05) is 25.1 Å². The van der Waals surface area contributed by atoms with Gasteiger partial charge in [-0.05, 0) is 50.3 Å². The predicted octanol–water partition coefficient (Wildman–Crippen LogP) is 4.05. The molecule has 1 aliphatic heterocycles. The van der Waals surface area contributed by atoms with Crippen LogP contribution in [0, 0.1) is 0 Å². The van der Waals surface area contributed by atoms with E-state index in [2.05, 4.69) is 46.9 Å². The van der Waals surface area contributed by atoms with Crippen LogP contribution >= 0.6 is 0 Å². The monoisotopic (exact) mass is 394 g/mol. The molecule has 5 nitrogen and oxygen atoms in total. The lowest BCUT2D eigenvalue weighted by Crippen LogP contribution is -2.57. The molecule has 1 saturated heterocycles. The molecule has 5 heteroatoms. The molecular weight excluding hydrogens is 360 g/mol. The van der Waals surface area contributed by atoms with Crippen LogP contribution in [0.15, 0.2) is 30.9 Å². The van der Waals surface area contributed by atoms with E-state index in [0.29, 0.717) is 12.0 Å². The second-order valence-electron chi connectivity index (χ2n) is 8.38. The van der Waals surface area contributed by atoms with Crippen LogP contribution in [0.5, 0.6) is 0 Å². The second kappa shape index (κ2) is 8.23. The summed E-state index contributed by atoms with van der Waals surface area (Å²) >= 11 is 0. The minimum absolute atomic E-state index is 0.0571. The van der Waals surface area contributed by atoms with Crippen LogP contribution in [0.25, 0.3) is 10.9 Å². The number of piperidine rings is 1. The molecule has 4 rings (SSSR count). The molecule has 2 aromatic rings. The molecule has 0 bridgehead atoms. The molecule has 0 spiro atoms. The molecule has 0 unspecified atom stereocenters. The van der Waals surface area contributed by atoms with Gasteiger partial charge in [-0.2, -0.15) is 0 Å². The minimum atomic E-state index is 0.0571. The third-order valence-electron chi connectivity index (χ3n) is 6.88. The number of nitrogens with one attached hydrogen (secondary N) is 2. The van der Waals surface area contributed by atoms with E-state index in [1.54, 1.807) is 0 Å². The molecule has 2 N–H and O–H groups in total. The zero-order valence-electron chi connectivity index (χ0n) is 18.0. The van der Waals surface area contributed by atoms with Gasteiger partial charge >= 0.3 is 6.03 Å². The third-order valence-corrected chi connectivity index (χ3v) is 6.88. The van der Waals surface area contributed by atoms with Crippen molar-refractivity contribution >= 4 is 16.9 Å². The van der Waals surface area contributed by atoms with Crippen molar-refractivity contribution in [2.24, 2.45) is 0 Å². The summed E-state index contributed by atoms with van der Waals surface area (Å²) in [5.74, 6) is 0.433. The lowest BCUT2D eigenvalue weighted by molar-refractivity contribution is 0.109. The molecule has 156 valence electrons. The summed E-state index contributed by atoms with van der Waals surface area (Å²) in [5, 5.41) is 4.75.